The van der Waals surface area contributed by atoms with Crippen molar-refractivity contribution >= 4 is 28.3 Å². The van der Waals surface area contributed by atoms with Gasteiger partial charge in [-0.2, -0.15) is 0 Å². The first-order chi connectivity index (χ1) is 10.1. The number of nitro benzene ring substituents is 1. The van der Waals surface area contributed by atoms with E-state index in [1.54, 1.807) is 24.4 Å². The molecule has 0 bridgehead atoms. The molecule has 0 spiro atoms. The molecule has 0 N–H and O–H groups in total. The van der Waals surface area contributed by atoms with Gasteiger partial charge in [-0.25, -0.2) is 4.68 Å². The van der Waals surface area contributed by atoms with Crippen molar-refractivity contribution in [3.05, 3.63) is 68.4 Å². The van der Waals surface area contributed by atoms with E-state index in [0.717, 1.165) is 9.13 Å². The molecule has 3 aromatic rings. The summed E-state index contributed by atoms with van der Waals surface area (Å²) in [6.07, 6.45) is 1.69. The van der Waals surface area contributed by atoms with Gasteiger partial charge in [0.15, 0.2) is 0 Å². The summed E-state index contributed by atoms with van der Waals surface area (Å²) in [5.74, 6) is 0. The number of rotatable bonds is 3. The van der Waals surface area contributed by atoms with Crippen LogP contribution in [0.25, 0.3) is 16.9 Å². The maximum atomic E-state index is 11.1. The van der Waals surface area contributed by atoms with E-state index in [2.05, 4.69) is 32.9 Å². The third-order valence-electron chi connectivity index (χ3n) is 2.94. The fourth-order valence-corrected chi connectivity index (χ4v) is 2.52. The number of halogens is 1. The highest BCUT2D eigenvalue weighted by Gasteiger charge is 2.16. The van der Waals surface area contributed by atoms with Crippen molar-refractivity contribution in [3.63, 3.8) is 0 Å². The standard InChI is InChI=1S/C14H9IN4O2/c15-11-5-3-4-10(8-11)12-9-18(17-16-12)13-6-1-2-7-14(13)19(20)21/h1-9H. The topological polar surface area (TPSA) is 73.8 Å². The van der Waals surface area contributed by atoms with Gasteiger partial charge in [0.2, 0.25) is 0 Å². The summed E-state index contributed by atoms with van der Waals surface area (Å²) in [5.41, 5.74) is 1.99. The van der Waals surface area contributed by atoms with Crippen LogP contribution in [-0.2, 0) is 0 Å². The van der Waals surface area contributed by atoms with Gasteiger partial charge in [-0.1, -0.05) is 29.5 Å². The van der Waals surface area contributed by atoms with Crippen LogP contribution in [-0.4, -0.2) is 19.9 Å². The Balaban J connectivity index is 2.05. The van der Waals surface area contributed by atoms with Crippen molar-refractivity contribution in [2.24, 2.45) is 0 Å². The Morgan fingerprint density at radius 1 is 1.14 bits per heavy atom. The largest absolute Gasteiger partial charge is 0.294 e. The predicted molar refractivity (Wildman–Crippen MR) is 86.2 cm³/mol. The van der Waals surface area contributed by atoms with E-state index in [9.17, 15) is 10.1 Å². The van der Waals surface area contributed by atoms with E-state index in [-0.39, 0.29) is 5.69 Å². The molecule has 0 unspecified atom stereocenters. The maximum Gasteiger partial charge on any atom is 0.294 e. The molecule has 7 heteroatoms. The van der Waals surface area contributed by atoms with Gasteiger partial charge >= 0.3 is 0 Å². The molecule has 6 nitrogen and oxygen atoms in total. The van der Waals surface area contributed by atoms with Crippen LogP contribution in [0, 0.1) is 13.7 Å². The maximum absolute atomic E-state index is 11.1. The lowest BCUT2D eigenvalue weighted by molar-refractivity contribution is -0.384. The molecule has 0 radical (unpaired) electrons. The zero-order valence-electron chi connectivity index (χ0n) is 10.7. The summed E-state index contributed by atoms with van der Waals surface area (Å²) < 4.78 is 2.51. The molecular weight excluding hydrogens is 383 g/mol. The SMILES string of the molecule is O=[N+]([O-])c1ccccc1-n1cc(-c2cccc(I)c2)nn1. The van der Waals surface area contributed by atoms with Gasteiger partial charge in [-0.15, -0.1) is 5.10 Å². The first-order valence-electron chi connectivity index (χ1n) is 6.07. The highest BCUT2D eigenvalue weighted by atomic mass is 127. The lowest BCUT2D eigenvalue weighted by atomic mass is 10.2. The Morgan fingerprint density at radius 3 is 2.71 bits per heavy atom. The summed E-state index contributed by atoms with van der Waals surface area (Å²) in [6.45, 7) is 0. The molecule has 1 aromatic heterocycles. The quantitative estimate of drug-likeness (QED) is 0.389. The minimum atomic E-state index is -0.428. The number of aromatic nitrogens is 3. The van der Waals surface area contributed by atoms with Crippen molar-refractivity contribution < 1.29 is 4.92 Å². The number of hydrogen-bond donors (Lipinski definition) is 0. The van der Waals surface area contributed by atoms with Crippen LogP contribution in [0.3, 0.4) is 0 Å². The van der Waals surface area contributed by atoms with E-state index in [4.69, 9.17) is 0 Å². The van der Waals surface area contributed by atoms with Gasteiger partial charge in [0.1, 0.15) is 11.4 Å². The van der Waals surface area contributed by atoms with E-state index >= 15 is 0 Å². The molecule has 0 aliphatic carbocycles. The number of para-hydroxylation sites is 2. The predicted octanol–water partition coefficient (Wildman–Crippen LogP) is 3.45. The molecule has 0 atom stereocenters. The van der Waals surface area contributed by atoms with Crippen molar-refractivity contribution in [3.8, 4) is 16.9 Å². The Morgan fingerprint density at radius 2 is 1.95 bits per heavy atom. The monoisotopic (exact) mass is 392 g/mol. The lowest BCUT2D eigenvalue weighted by Gasteiger charge is -2.00. The van der Waals surface area contributed by atoms with Gasteiger partial charge in [0.05, 0.1) is 11.1 Å². The molecular formula is C14H9IN4O2. The highest BCUT2D eigenvalue weighted by molar-refractivity contribution is 14.1. The fraction of sp³-hybridized carbons (Fsp3) is 0. The second-order valence-electron chi connectivity index (χ2n) is 4.30. The van der Waals surface area contributed by atoms with E-state index < -0.39 is 4.92 Å². The fourth-order valence-electron chi connectivity index (χ4n) is 1.97. The molecule has 1 heterocycles. The Labute approximate surface area is 133 Å². The van der Waals surface area contributed by atoms with E-state index in [1.807, 2.05) is 24.3 Å². The third-order valence-corrected chi connectivity index (χ3v) is 3.61. The van der Waals surface area contributed by atoms with Crippen molar-refractivity contribution in [1.82, 2.24) is 15.0 Å². The molecule has 0 amide bonds. The molecule has 0 aliphatic heterocycles. The minimum Gasteiger partial charge on any atom is -0.258 e. The molecule has 0 saturated carbocycles. The summed E-state index contributed by atoms with van der Waals surface area (Å²) in [4.78, 5) is 10.6. The van der Waals surface area contributed by atoms with Gasteiger partial charge in [-0.3, -0.25) is 10.1 Å². The normalized spacial score (nSPS) is 10.5. The molecule has 21 heavy (non-hydrogen) atoms. The van der Waals surface area contributed by atoms with Crippen molar-refractivity contribution in [2.75, 3.05) is 0 Å². The van der Waals surface area contributed by atoms with Crippen LogP contribution in [0.15, 0.2) is 54.7 Å². The summed E-state index contributed by atoms with van der Waals surface area (Å²) >= 11 is 2.22. The third kappa shape index (κ3) is 2.77. The van der Waals surface area contributed by atoms with Crippen LogP contribution < -0.4 is 0 Å². The van der Waals surface area contributed by atoms with E-state index in [1.165, 1.54) is 10.7 Å². The smallest absolute Gasteiger partial charge is 0.258 e. The second-order valence-corrected chi connectivity index (χ2v) is 5.55. The van der Waals surface area contributed by atoms with Crippen LogP contribution in [0.1, 0.15) is 0 Å². The van der Waals surface area contributed by atoms with Crippen LogP contribution >= 0.6 is 22.6 Å². The molecule has 0 saturated heterocycles. The number of hydrogen-bond acceptors (Lipinski definition) is 4. The van der Waals surface area contributed by atoms with Crippen LogP contribution in [0.4, 0.5) is 5.69 Å². The zero-order chi connectivity index (χ0) is 14.8. The minimum absolute atomic E-state index is 0.00316. The van der Waals surface area contributed by atoms with Crippen molar-refractivity contribution in [1.29, 1.82) is 0 Å². The average Bonchev–Trinajstić information content (AvgIpc) is 2.97. The first-order valence-corrected chi connectivity index (χ1v) is 7.15. The summed E-state index contributed by atoms with van der Waals surface area (Å²) in [7, 11) is 0. The van der Waals surface area contributed by atoms with Gasteiger partial charge in [0, 0.05) is 15.2 Å². The Kier molecular flexibility index (Phi) is 3.65. The van der Waals surface area contributed by atoms with E-state index in [0.29, 0.717) is 11.4 Å². The Bertz CT molecular complexity index is 816. The van der Waals surface area contributed by atoms with Crippen molar-refractivity contribution in [2.45, 2.75) is 0 Å². The van der Waals surface area contributed by atoms with Crippen LogP contribution in [0.5, 0.6) is 0 Å². The first kappa shape index (κ1) is 13.7. The Hall–Kier alpha value is -2.29. The van der Waals surface area contributed by atoms with Gasteiger partial charge in [0.25, 0.3) is 5.69 Å². The number of benzene rings is 2. The van der Waals surface area contributed by atoms with Crippen LogP contribution in [0.2, 0.25) is 0 Å². The molecule has 0 aliphatic rings. The van der Waals surface area contributed by atoms with Gasteiger partial charge in [-0.05, 0) is 40.8 Å². The zero-order valence-corrected chi connectivity index (χ0v) is 12.8. The summed E-state index contributed by atoms with van der Waals surface area (Å²) in [6, 6.07) is 14.3. The van der Waals surface area contributed by atoms with Gasteiger partial charge < -0.3 is 0 Å². The second kappa shape index (κ2) is 5.60. The molecule has 3 rings (SSSR count). The number of nitrogens with zero attached hydrogens (tertiary/aromatic N) is 4. The summed E-state index contributed by atoms with van der Waals surface area (Å²) in [5, 5.41) is 19.1. The average molecular weight is 392 g/mol. The molecule has 104 valence electrons. The highest BCUT2D eigenvalue weighted by Crippen LogP contribution is 2.24. The molecule has 2 aromatic carbocycles. The molecule has 0 fully saturated rings. The number of nitro groups is 1. The lowest BCUT2D eigenvalue weighted by Crippen LogP contribution is -2.00.